The third-order valence-corrected chi connectivity index (χ3v) is 3.67. The fourth-order valence-corrected chi connectivity index (χ4v) is 2.65. The van der Waals surface area contributed by atoms with Crippen molar-refractivity contribution in [2.45, 2.75) is 6.42 Å². The standard InChI is InChI=1S/C17H13F3N2O/c18-11-3-1-10(2-4-11)16-13(5-6-21-9-23)14-7-12(19)8-15(20)17(14)22-16/h1-4,7-9,22H,5-6H2,(H,21,23). The molecule has 3 rings (SSSR count). The summed E-state index contributed by atoms with van der Waals surface area (Å²) in [5, 5.41) is 2.94. The third kappa shape index (κ3) is 2.92. The van der Waals surface area contributed by atoms with Crippen LogP contribution in [0, 0.1) is 17.5 Å². The average Bonchev–Trinajstić information content (AvgIpc) is 2.87. The van der Waals surface area contributed by atoms with Crippen LogP contribution in [0.15, 0.2) is 36.4 Å². The maximum atomic E-state index is 14.0. The molecule has 0 saturated heterocycles. The van der Waals surface area contributed by atoms with Crippen molar-refractivity contribution < 1.29 is 18.0 Å². The number of fused-ring (bicyclic) bond motifs is 1. The maximum Gasteiger partial charge on any atom is 0.207 e. The number of carbonyl (C=O) groups is 1. The largest absolute Gasteiger partial charge is 0.358 e. The molecule has 3 nitrogen and oxygen atoms in total. The molecule has 0 aliphatic rings. The lowest BCUT2D eigenvalue weighted by Gasteiger charge is -2.05. The van der Waals surface area contributed by atoms with Crippen LogP contribution in [0.25, 0.3) is 22.2 Å². The Kier molecular flexibility index (Phi) is 4.06. The molecule has 0 radical (unpaired) electrons. The van der Waals surface area contributed by atoms with Crippen molar-refractivity contribution in [1.29, 1.82) is 0 Å². The number of aromatic nitrogens is 1. The van der Waals surface area contributed by atoms with Crippen molar-refractivity contribution >= 4 is 17.3 Å². The molecule has 2 aromatic carbocycles. The number of rotatable bonds is 5. The van der Waals surface area contributed by atoms with E-state index in [2.05, 4.69) is 10.3 Å². The highest BCUT2D eigenvalue weighted by atomic mass is 19.1. The lowest BCUT2D eigenvalue weighted by Crippen LogP contribution is -2.14. The van der Waals surface area contributed by atoms with Crippen LogP contribution in [0.5, 0.6) is 0 Å². The van der Waals surface area contributed by atoms with Crippen molar-refractivity contribution in [3.8, 4) is 11.3 Å². The minimum absolute atomic E-state index is 0.187. The van der Waals surface area contributed by atoms with Crippen LogP contribution >= 0.6 is 0 Å². The lowest BCUT2D eigenvalue weighted by molar-refractivity contribution is -0.109. The van der Waals surface area contributed by atoms with E-state index < -0.39 is 11.6 Å². The second-order valence-electron chi connectivity index (χ2n) is 5.12. The second kappa shape index (κ2) is 6.16. The topological polar surface area (TPSA) is 44.9 Å². The number of halogens is 3. The van der Waals surface area contributed by atoms with E-state index in [0.717, 1.165) is 6.07 Å². The molecule has 2 N–H and O–H groups in total. The number of amides is 1. The van der Waals surface area contributed by atoms with E-state index in [1.807, 2.05) is 0 Å². The van der Waals surface area contributed by atoms with Gasteiger partial charge < -0.3 is 10.3 Å². The van der Waals surface area contributed by atoms with Gasteiger partial charge in [-0.2, -0.15) is 0 Å². The highest BCUT2D eigenvalue weighted by molar-refractivity contribution is 5.91. The molecule has 0 spiro atoms. The Morgan fingerprint density at radius 1 is 1.04 bits per heavy atom. The van der Waals surface area contributed by atoms with Crippen LogP contribution < -0.4 is 5.32 Å². The minimum Gasteiger partial charge on any atom is -0.358 e. The van der Waals surface area contributed by atoms with E-state index in [9.17, 15) is 18.0 Å². The van der Waals surface area contributed by atoms with Gasteiger partial charge in [-0.15, -0.1) is 0 Å². The van der Waals surface area contributed by atoms with E-state index in [1.165, 1.54) is 18.2 Å². The Hall–Kier alpha value is -2.76. The van der Waals surface area contributed by atoms with E-state index >= 15 is 0 Å². The molecule has 1 aromatic heterocycles. The number of H-pyrrole nitrogens is 1. The molecule has 0 aliphatic heterocycles. The Morgan fingerprint density at radius 3 is 2.48 bits per heavy atom. The summed E-state index contributed by atoms with van der Waals surface area (Å²) in [5.41, 5.74) is 2.09. The molecular formula is C17H13F3N2O. The van der Waals surface area contributed by atoms with Crippen molar-refractivity contribution in [3.63, 3.8) is 0 Å². The highest BCUT2D eigenvalue weighted by Gasteiger charge is 2.16. The number of benzene rings is 2. The van der Waals surface area contributed by atoms with Gasteiger partial charge in [0.05, 0.1) is 5.52 Å². The van der Waals surface area contributed by atoms with E-state index in [1.54, 1.807) is 12.1 Å². The van der Waals surface area contributed by atoms with Crippen LogP contribution in [-0.2, 0) is 11.2 Å². The van der Waals surface area contributed by atoms with Crippen LogP contribution in [0.1, 0.15) is 5.56 Å². The molecule has 1 amide bonds. The van der Waals surface area contributed by atoms with Gasteiger partial charge in [0, 0.05) is 23.7 Å². The number of hydrogen-bond acceptors (Lipinski definition) is 1. The Labute approximate surface area is 130 Å². The molecule has 6 heteroatoms. The van der Waals surface area contributed by atoms with Crippen molar-refractivity contribution in [3.05, 3.63) is 59.4 Å². The zero-order valence-corrected chi connectivity index (χ0v) is 12.0. The van der Waals surface area contributed by atoms with Gasteiger partial charge in [0.25, 0.3) is 0 Å². The minimum atomic E-state index is -0.696. The molecule has 0 unspecified atom stereocenters. The van der Waals surface area contributed by atoms with Crippen LogP contribution in [0.3, 0.4) is 0 Å². The normalized spacial score (nSPS) is 10.9. The van der Waals surface area contributed by atoms with Crippen LogP contribution in [-0.4, -0.2) is 17.9 Å². The fraction of sp³-hybridized carbons (Fsp3) is 0.118. The second-order valence-corrected chi connectivity index (χ2v) is 5.12. The van der Waals surface area contributed by atoms with Crippen molar-refractivity contribution in [2.75, 3.05) is 6.54 Å². The summed E-state index contributed by atoms with van der Waals surface area (Å²) in [6.45, 7) is 0.322. The molecule has 23 heavy (non-hydrogen) atoms. The van der Waals surface area contributed by atoms with Gasteiger partial charge in [-0.05, 0) is 47.9 Å². The van der Waals surface area contributed by atoms with Crippen LogP contribution in [0.4, 0.5) is 13.2 Å². The third-order valence-electron chi connectivity index (χ3n) is 3.67. The summed E-state index contributed by atoms with van der Waals surface area (Å²) in [4.78, 5) is 13.4. The molecular weight excluding hydrogens is 305 g/mol. The first-order valence-electron chi connectivity index (χ1n) is 7.02. The first-order valence-corrected chi connectivity index (χ1v) is 7.02. The fourth-order valence-electron chi connectivity index (χ4n) is 2.65. The number of hydrogen-bond donors (Lipinski definition) is 2. The lowest BCUT2D eigenvalue weighted by atomic mass is 10.0. The smallest absolute Gasteiger partial charge is 0.207 e. The summed E-state index contributed by atoms with van der Waals surface area (Å²) in [6.07, 6.45) is 0.946. The van der Waals surface area contributed by atoms with E-state index in [0.29, 0.717) is 41.6 Å². The molecule has 118 valence electrons. The first kappa shape index (κ1) is 15.1. The summed E-state index contributed by atoms with van der Waals surface area (Å²) in [6, 6.07) is 7.77. The van der Waals surface area contributed by atoms with E-state index in [4.69, 9.17) is 0 Å². The van der Waals surface area contributed by atoms with Gasteiger partial charge >= 0.3 is 0 Å². The van der Waals surface area contributed by atoms with Gasteiger partial charge in [0.2, 0.25) is 6.41 Å². The molecule has 0 fully saturated rings. The number of nitrogens with one attached hydrogen (secondary N) is 2. The van der Waals surface area contributed by atoms with Gasteiger partial charge in [0.15, 0.2) is 0 Å². The van der Waals surface area contributed by atoms with Crippen LogP contribution in [0.2, 0.25) is 0 Å². The Morgan fingerprint density at radius 2 is 1.78 bits per heavy atom. The SMILES string of the molecule is O=CNCCc1c(-c2ccc(F)cc2)[nH]c2c(F)cc(F)cc12. The number of aromatic amines is 1. The first-order chi connectivity index (χ1) is 11.1. The Balaban J connectivity index is 2.18. The maximum absolute atomic E-state index is 14.0. The van der Waals surface area contributed by atoms with Gasteiger partial charge in [-0.25, -0.2) is 13.2 Å². The molecule has 1 heterocycles. The monoisotopic (exact) mass is 318 g/mol. The predicted molar refractivity (Wildman–Crippen MR) is 81.4 cm³/mol. The highest BCUT2D eigenvalue weighted by Crippen LogP contribution is 2.32. The summed E-state index contributed by atoms with van der Waals surface area (Å²) < 4.78 is 40.7. The predicted octanol–water partition coefficient (Wildman–Crippen LogP) is 3.54. The summed E-state index contributed by atoms with van der Waals surface area (Å²) >= 11 is 0. The number of carbonyl (C=O) groups excluding carboxylic acids is 1. The molecule has 0 bridgehead atoms. The van der Waals surface area contributed by atoms with E-state index in [-0.39, 0.29) is 11.3 Å². The van der Waals surface area contributed by atoms with Crippen molar-refractivity contribution in [2.24, 2.45) is 0 Å². The Bertz CT molecular complexity index is 856. The molecule has 0 saturated carbocycles. The summed E-state index contributed by atoms with van der Waals surface area (Å²) in [7, 11) is 0. The quantitative estimate of drug-likeness (QED) is 0.548. The van der Waals surface area contributed by atoms with Crippen molar-refractivity contribution in [1.82, 2.24) is 10.3 Å². The summed E-state index contributed by atoms with van der Waals surface area (Å²) in [5.74, 6) is -1.76. The van der Waals surface area contributed by atoms with Gasteiger partial charge in [-0.3, -0.25) is 4.79 Å². The molecule has 0 atom stereocenters. The molecule has 3 aromatic rings. The zero-order chi connectivity index (χ0) is 16.4. The van der Waals surface area contributed by atoms with Gasteiger partial charge in [-0.1, -0.05) is 0 Å². The zero-order valence-electron chi connectivity index (χ0n) is 12.0. The molecule has 0 aliphatic carbocycles. The van der Waals surface area contributed by atoms with Gasteiger partial charge in [0.1, 0.15) is 17.5 Å². The average molecular weight is 318 g/mol.